The van der Waals surface area contributed by atoms with Gasteiger partial charge in [0.25, 0.3) is 0 Å². The number of hydrazine groups is 1. The predicted molar refractivity (Wildman–Crippen MR) is 66.2 cm³/mol. The van der Waals surface area contributed by atoms with E-state index in [1.165, 1.54) is 0 Å². The van der Waals surface area contributed by atoms with Gasteiger partial charge in [-0.25, -0.2) is 0 Å². The highest BCUT2D eigenvalue weighted by molar-refractivity contribution is 7.98. The maximum absolute atomic E-state index is 11.7. The number of thioether (sulfide) groups is 1. The first-order valence-corrected chi connectivity index (χ1v) is 6.26. The van der Waals surface area contributed by atoms with E-state index in [1.54, 1.807) is 17.8 Å². The Morgan fingerprint density at radius 2 is 2.33 bits per heavy atom. The molecule has 0 amide bonds. The van der Waals surface area contributed by atoms with E-state index >= 15 is 0 Å². The van der Waals surface area contributed by atoms with Gasteiger partial charge in [0.2, 0.25) is 0 Å². The molecule has 1 rings (SSSR count). The van der Waals surface area contributed by atoms with Crippen LogP contribution in [0.4, 0.5) is 5.69 Å². The van der Waals surface area contributed by atoms with Gasteiger partial charge < -0.3 is 5.43 Å². The lowest BCUT2D eigenvalue weighted by Gasteiger charge is -2.03. The number of benzene rings is 1. The number of ketones is 1. The van der Waals surface area contributed by atoms with Crippen LogP contribution in [0.25, 0.3) is 0 Å². The van der Waals surface area contributed by atoms with Gasteiger partial charge in [-0.2, -0.15) is 11.8 Å². The molecule has 0 radical (unpaired) electrons. The number of rotatable bonds is 6. The van der Waals surface area contributed by atoms with Crippen molar-refractivity contribution in [1.82, 2.24) is 0 Å². The second kappa shape index (κ2) is 6.48. The highest BCUT2D eigenvalue weighted by Gasteiger charge is 2.05. The van der Waals surface area contributed by atoms with Crippen molar-refractivity contribution in [3.8, 4) is 0 Å². The van der Waals surface area contributed by atoms with E-state index in [4.69, 9.17) is 5.84 Å². The molecular weight excluding hydrogens is 208 g/mol. The third kappa shape index (κ3) is 3.93. The summed E-state index contributed by atoms with van der Waals surface area (Å²) in [5, 5.41) is 0. The van der Waals surface area contributed by atoms with Crippen molar-refractivity contribution in [2.45, 2.75) is 12.8 Å². The lowest BCUT2D eigenvalue weighted by atomic mass is 10.1. The van der Waals surface area contributed by atoms with E-state index in [0.29, 0.717) is 6.42 Å². The van der Waals surface area contributed by atoms with E-state index in [1.807, 2.05) is 24.5 Å². The summed E-state index contributed by atoms with van der Waals surface area (Å²) in [6, 6.07) is 7.26. The quantitative estimate of drug-likeness (QED) is 0.337. The second-order valence-electron chi connectivity index (χ2n) is 3.24. The molecule has 3 nitrogen and oxygen atoms in total. The van der Waals surface area contributed by atoms with Crippen LogP contribution in [0.2, 0.25) is 0 Å². The molecule has 15 heavy (non-hydrogen) atoms. The Morgan fingerprint density at radius 3 is 3.00 bits per heavy atom. The van der Waals surface area contributed by atoms with Crippen LogP contribution in [0.3, 0.4) is 0 Å². The average Bonchev–Trinajstić information content (AvgIpc) is 2.29. The summed E-state index contributed by atoms with van der Waals surface area (Å²) in [5.74, 6) is 6.49. The Balaban J connectivity index is 2.57. The van der Waals surface area contributed by atoms with Gasteiger partial charge in [0, 0.05) is 17.7 Å². The first-order valence-electron chi connectivity index (χ1n) is 4.86. The van der Waals surface area contributed by atoms with E-state index in [2.05, 4.69) is 5.43 Å². The zero-order valence-electron chi connectivity index (χ0n) is 8.82. The van der Waals surface area contributed by atoms with Crippen LogP contribution in [0.15, 0.2) is 24.3 Å². The maximum Gasteiger partial charge on any atom is 0.162 e. The maximum atomic E-state index is 11.7. The van der Waals surface area contributed by atoms with Crippen LogP contribution in [0.5, 0.6) is 0 Å². The Bertz CT molecular complexity index is 328. The Morgan fingerprint density at radius 1 is 1.53 bits per heavy atom. The van der Waals surface area contributed by atoms with Crippen LogP contribution in [-0.2, 0) is 0 Å². The van der Waals surface area contributed by atoms with Gasteiger partial charge >= 0.3 is 0 Å². The standard InChI is InChI=1S/C11H16N2OS/c1-15-7-3-6-11(14)9-4-2-5-10(8-9)13-12/h2,4-5,8,13H,3,6-7,12H2,1H3. The van der Waals surface area contributed by atoms with Crippen LogP contribution >= 0.6 is 11.8 Å². The number of anilines is 1. The molecule has 1 aromatic carbocycles. The lowest BCUT2D eigenvalue weighted by Crippen LogP contribution is -2.08. The lowest BCUT2D eigenvalue weighted by molar-refractivity contribution is 0.0982. The topological polar surface area (TPSA) is 55.1 Å². The molecule has 0 aliphatic heterocycles. The smallest absolute Gasteiger partial charge is 0.162 e. The van der Waals surface area contributed by atoms with Crippen LogP contribution in [0.1, 0.15) is 23.2 Å². The third-order valence-electron chi connectivity index (χ3n) is 2.10. The first kappa shape index (κ1) is 12.1. The highest BCUT2D eigenvalue weighted by Crippen LogP contribution is 2.12. The van der Waals surface area contributed by atoms with Crippen molar-refractivity contribution in [2.24, 2.45) is 5.84 Å². The summed E-state index contributed by atoms with van der Waals surface area (Å²) in [5.41, 5.74) is 4.03. The Hall–Kier alpha value is -1.00. The van der Waals surface area contributed by atoms with Crippen molar-refractivity contribution >= 4 is 23.2 Å². The van der Waals surface area contributed by atoms with Crippen LogP contribution in [0, 0.1) is 0 Å². The molecule has 0 aliphatic rings. The van der Waals surface area contributed by atoms with E-state index in [0.717, 1.165) is 23.4 Å². The first-order chi connectivity index (χ1) is 7.27. The molecule has 0 unspecified atom stereocenters. The number of nitrogens with one attached hydrogen (secondary N) is 1. The van der Waals surface area contributed by atoms with Gasteiger partial charge in [0.1, 0.15) is 0 Å². The summed E-state index contributed by atoms with van der Waals surface area (Å²) in [7, 11) is 0. The van der Waals surface area contributed by atoms with Gasteiger partial charge in [0.05, 0.1) is 0 Å². The molecule has 0 aromatic heterocycles. The number of carbonyl (C=O) groups excluding carboxylic acids is 1. The van der Waals surface area contributed by atoms with Crippen molar-refractivity contribution in [3.05, 3.63) is 29.8 Å². The van der Waals surface area contributed by atoms with Crippen LogP contribution in [-0.4, -0.2) is 17.8 Å². The largest absolute Gasteiger partial charge is 0.324 e. The summed E-state index contributed by atoms with van der Waals surface area (Å²) < 4.78 is 0. The summed E-state index contributed by atoms with van der Waals surface area (Å²) in [6.07, 6.45) is 3.58. The van der Waals surface area contributed by atoms with Crippen molar-refractivity contribution < 1.29 is 4.79 Å². The molecule has 0 fully saturated rings. The number of hydrogen-bond acceptors (Lipinski definition) is 4. The average molecular weight is 224 g/mol. The molecule has 1 aromatic rings. The summed E-state index contributed by atoms with van der Waals surface area (Å²) >= 11 is 1.76. The molecule has 0 saturated heterocycles. The molecule has 3 N–H and O–H groups in total. The molecule has 0 atom stereocenters. The fourth-order valence-corrected chi connectivity index (χ4v) is 1.74. The molecule has 0 heterocycles. The number of hydrogen-bond donors (Lipinski definition) is 2. The van der Waals surface area contributed by atoms with Crippen molar-refractivity contribution in [1.29, 1.82) is 0 Å². The number of Topliss-reactive ketones (excluding diaryl/α,β-unsaturated/α-hetero) is 1. The Labute approximate surface area is 94.4 Å². The number of nitrogen functional groups attached to an aromatic ring is 1. The minimum absolute atomic E-state index is 0.182. The fraction of sp³-hybridized carbons (Fsp3) is 0.364. The molecule has 0 bridgehead atoms. The molecular formula is C11H16N2OS. The molecule has 0 saturated carbocycles. The second-order valence-corrected chi connectivity index (χ2v) is 4.23. The summed E-state index contributed by atoms with van der Waals surface area (Å²) in [6.45, 7) is 0. The zero-order valence-corrected chi connectivity index (χ0v) is 9.64. The molecule has 4 heteroatoms. The molecule has 82 valence electrons. The monoisotopic (exact) mass is 224 g/mol. The van der Waals surface area contributed by atoms with E-state index < -0.39 is 0 Å². The Kier molecular flexibility index (Phi) is 5.21. The molecule has 0 spiro atoms. The minimum atomic E-state index is 0.182. The zero-order chi connectivity index (χ0) is 11.1. The summed E-state index contributed by atoms with van der Waals surface area (Å²) in [4.78, 5) is 11.7. The van der Waals surface area contributed by atoms with E-state index in [-0.39, 0.29) is 5.78 Å². The van der Waals surface area contributed by atoms with Gasteiger partial charge in [-0.05, 0) is 30.6 Å². The van der Waals surface area contributed by atoms with Gasteiger partial charge in [-0.1, -0.05) is 12.1 Å². The van der Waals surface area contributed by atoms with Gasteiger partial charge in [-0.3, -0.25) is 10.6 Å². The van der Waals surface area contributed by atoms with Gasteiger partial charge in [-0.15, -0.1) is 0 Å². The SMILES string of the molecule is CSCCCC(=O)c1cccc(NN)c1. The fourth-order valence-electron chi connectivity index (χ4n) is 1.30. The number of carbonyl (C=O) groups is 1. The van der Waals surface area contributed by atoms with Crippen molar-refractivity contribution in [3.63, 3.8) is 0 Å². The predicted octanol–water partition coefficient (Wildman–Crippen LogP) is 2.30. The normalized spacial score (nSPS) is 10.0. The highest BCUT2D eigenvalue weighted by atomic mass is 32.2. The molecule has 0 aliphatic carbocycles. The minimum Gasteiger partial charge on any atom is -0.324 e. The number of nitrogens with two attached hydrogens (primary N) is 1. The third-order valence-corrected chi connectivity index (χ3v) is 2.80. The van der Waals surface area contributed by atoms with E-state index in [9.17, 15) is 4.79 Å². The van der Waals surface area contributed by atoms with Crippen molar-refractivity contribution in [2.75, 3.05) is 17.4 Å². The van der Waals surface area contributed by atoms with Gasteiger partial charge in [0.15, 0.2) is 5.78 Å². The van der Waals surface area contributed by atoms with Crippen LogP contribution < -0.4 is 11.3 Å².